The lowest BCUT2D eigenvalue weighted by atomic mass is 10.2. The topological polar surface area (TPSA) is 85.4 Å². The van der Waals surface area contributed by atoms with Crippen LogP contribution in [0.2, 0.25) is 0 Å². The van der Waals surface area contributed by atoms with Crippen molar-refractivity contribution in [2.24, 2.45) is 0 Å². The Kier molecular flexibility index (Phi) is 3.42. The standard InChI is InChI=1S/C10H13BrN2O3/c1-10(2,3)16-9(15)7-8(14)6(12)5(11)4-13-7/h4,14H,1-3H3,(H2,12,13). The second-order valence-corrected chi connectivity index (χ2v) is 5.07. The number of nitrogen functional groups attached to an aromatic ring is 1. The number of aromatic hydroxyl groups is 1. The first-order chi connectivity index (χ1) is 7.22. The molecule has 1 aromatic heterocycles. The minimum absolute atomic E-state index is 0.0656. The van der Waals surface area contributed by atoms with Crippen LogP contribution in [-0.2, 0) is 4.74 Å². The molecule has 0 saturated heterocycles. The largest absolute Gasteiger partial charge is 0.504 e. The van der Waals surface area contributed by atoms with E-state index in [1.165, 1.54) is 6.20 Å². The fourth-order valence-electron chi connectivity index (χ4n) is 0.968. The Morgan fingerprint density at radius 2 is 2.12 bits per heavy atom. The van der Waals surface area contributed by atoms with Crippen LogP contribution in [0.3, 0.4) is 0 Å². The third kappa shape index (κ3) is 2.85. The number of halogens is 1. The first-order valence-electron chi connectivity index (χ1n) is 4.58. The fourth-order valence-corrected chi connectivity index (χ4v) is 1.26. The second kappa shape index (κ2) is 4.29. The summed E-state index contributed by atoms with van der Waals surface area (Å²) in [4.78, 5) is 15.4. The molecule has 1 aromatic rings. The van der Waals surface area contributed by atoms with E-state index >= 15 is 0 Å². The van der Waals surface area contributed by atoms with Crippen LogP contribution < -0.4 is 5.73 Å². The van der Waals surface area contributed by atoms with Gasteiger partial charge in [-0.15, -0.1) is 0 Å². The zero-order chi connectivity index (χ0) is 12.5. The predicted molar refractivity (Wildman–Crippen MR) is 63.2 cm³/mol. The minimum Gasteiger partial charge on any atom is -0.504 e. The van der Waals surface area contributed by atoms with Gasteiger partial charge in [-0.2, -0.15) is 0 Å². The average Bonchev–Trinajstić information content (AvgIpc) is 2.11. The van der Waals surface area contributed by atoms with Gasteiger partial charge in [-0.05, 0) is 36.7 Å². The van der Waals surface area contributed by atoms with Crippen molar-refractivity contribution in [3.05, 3.63) is 16.4 Å². The summed E-state index contributed by atoms with van der Waals surface area (Å²) in [6.45, 7) is 5.18. The van der Waals surface area contributed by atoms with E-state index in [2.05, 4.69) is 20.9 Å². The smallest absolute Gasteiger partial charge is 0.361 e. The number of hydrogen-bond donors (Lipinski definition) is 2. The molecule has 0 bridgehead atoms. The number of hydrogen-bond acceptors (Lipinski definition) is 5. The quantitative estimate of drug-likeness (QED) is 0.773. The van der Waals surface area contributed by atoms with Gasteiger partial charge in [-0.25, -0.2) is 9.78 Å². The zero-order valence-electron chi connectivity index (χ0n) is 9.24. The van der Waals surface area contributed by atoms with E-state index in [-0.39, 0.29) is 17.1 Å². The molecule has 3 N–H and O–H groups in total. The van der Waals surface area contributed by atoms with Crippen molar-refractivity contribution < 1.29 is 14.6 Å². The maximum Gasteiger partial charge on any atom is 0.361 e. The lowest BCUT2D eigenvalue weighted by Gasteiger charge is -2.19. The minimum atomic E-state index is -0.704. The molecule has 0 amide bonds. The molecular formula is C10H13BrN2O3. The number of ether oxygens (including phenoxy) is 1. The Bertz CT molecular complexity index is 427. The van der Waals surface area contributed by atoms with Crippen LogP contribution >= 0.6 is 15.9 Å². The normalized spacial score (nSPS) is 11.2. The molecule has 0 aliphatic heterocycles. The van der Waals surface area contributed by atoms with Crippen LogP contribution in [0.25, 0.3) is 0 Å². The molecule has 0 radical (unpaired) electrons. The summed E-state index contributed by atoms with van der Waals surface area (Å²) < 4.78 is 5.50. The van der Waals surface area contributed by atoms with Crippen molar-refractivity contribution >= 4 is 27.6 Å². The Morgan fingerprint density at radius 3 is 2.62 bits per heavy atom. The number of carbonyl (C=O) groups is 1. The molecule has 0 saturated carbocycles. The van der Waals surface area contributed by atoms with Crippen molar-refractivity contribution in [3.8, 4) is 5.75 Å². The molecule has 0 aliphatic rings. The van der Waals surface area contributed by atoms with E-state index in [1.807, 2.05) is 0 Å². The summed E-state index contributed by atoms with van der Waals surface area (Å²) in [5.41, 5.74) is 4.77. The van der Waals surface area contributed by atoms with E-state index in [9.17, 15) is 9.90 Å². The van der Waals surface area contributed by atoms with Crippen LogP contribution in [0.4, 0.5) is 5.69 Å². The Hall–Kier alpha value is -1.30. The Balaban J connectivity index is 3.06. The summed E-state index contributed by atoms with van der Waals surface area (Å²) in [6, 6.07) is 0. The zero-order valence-corrected chi connectivity index (χ0v) is 10.8. The van der Waals surface area contributed by atoms with E-state index in [0.29, 0.717) is 4.47 Å². The van der Waals surface area contributed by atoms with Crippen LogP contribution in [-0.4, -0.2) is 21.7 Å². The highest BCUT2D eigenvalue weighted by atomic mass is 79.9. The van der Waals surface area contributed by atoms with Gasteiger partial charge in [0.05, 0.1) is 10.2 Å². The van der Waals surface area contributed by atoms with E-state index in [1.54, 1.807) is 20.8 Å². The second-order valence-electron chi connectivity index (χ2n) is 4.22. The van der Waals surface area contributed by atoms with Crippen molar-refractivity contribution in [3.63, 3.8) is 0 Å². The van der Waals surface area contributed by atoms with Gasteiger partial charge < -0.3 is 15.6 Å². The van der Waals surface area contributed by atoms with Crippen molar-refractivity contribution in [2.45, 2.75) is 26.4 Å². The molecule has 6 heteroatoms. The van der Waals surface area contributed by atoms with Gasteiger partial charge in [0.15, 0.2) is 11.4 Å². The number of nitrogens with two attached hydrogens (primary N) is 1. The molecule has 0 aliphatic carbocycles. The molecule has 0 aromatic carbocycles. The molecule has 5 nitrogen and oxygen atoms in total. The van der Waals surface area contributed by atoms with Crippen LogP contribution in [0.5, 0.6) is 5.75 Å². The summed E-state index contributed by atoms with van der Waals surface area (Å²) >= 11 is 3.09. The Labute approximate surface area is 102 Å². The highest BCUT2D eigenvalue weighted by Crippen LogP contribution is 2.31. The molecule has 0 spiro atoms. The lowest BCUT2D eigenvalue weighted by Crippen LogP contribution is -2.24. The van der Waals surface area contributed by atoms with Gasteiger partial charge in [0.2, 0.25) is 0 Å². The third-order valence-corrected chi connectivity index (χ3v) is 2.27. The summed E-state index contributed by atoms with van der Waals surface area (Å²) in [5.74, 6) is -1.08. The van der Waals surface area contributed by atoms with Crippen LogP contribution in [0, 0.1) is 0 Å². The highest BCUT2D eigenvalue weighted by molar-refractivity contribution is 9.10. The number of aromatic nitrogens is 1. The van der Waals surface area contributed by atoms with Crippen LogP contribution in [0.15, 0.2) is 10.7 Å². The van der Waals surface area contributed by atoms with Crippen molar-refractivity contribution in [1.29, 1.82) is 0 Å². The van der Waals surface area contributed by atoms with Gasteiger partial charge >= 0.3 is 5.97 Å². The first kappa shape index (κ1) is 12.8. The van der Waals surface area contributed by atoms with Gasteiger partial charge in [-0.1, -0.05) is 0 Å². The van der Waals surface area contributed by atoms with Gasteiger partial charge in [0, 0.05) is 6.20 Å². The van der Waals surface area contributed by atoms with E-state index in [4.69, 9.17) is 10.5 Å². The number of rotatable bonds is 1. The highest BCUT2D eigenvalue weighted by Gasteiger charge is 2.23. The maximum absolute atomic E-state index is 11.6. The molecule has 16 heavy (non-hydrogen) atoms. The number of esters is 1. The van der Waals surface area contributed by atoms with Crippen molar-refractivity contribution in [1.82, 2.24) is 4.98 Å². The summed E-state index contributed by atoms with van der Waals surface area (Å²) in [6.07, 6.45) is 1.34. The molecule has 1 rings (SSSR count). The third-order valence-electron chi connectivity index (χ3n) is 1.64. The van der Waals surface area contributed by atoms with Crippen LogP contribution in [0.1, 0.15) is 31.3 Å². The molecular weight excluding hydrogens is 276 g/mol. The molecule has 0 unspecified atom stereocenters. The van der Waals surface area contributed by atoms with Gasteiger partial charge in [0.1, 0.15) is 5.60 Å². The molecule has 0 fully saturated rings. The average molecular weight is 289 g/mol. The van der Waals surface area contributed by atoms with E-state index in [0.717, 1.165) is 0 Å². The van der Waals surface area contributed by atoms with Crippen molar-refractivity contribution in [2.75, 3.05) is 5.73 Å². The number of nitrogens with zero attached hydrogens (tertiary/aromatic N) is 1. The Morgan fingerprint density at radius 1 is 1.56 bits per heavy atom. The van der Waals surface area contributed by atoms with Gasteiger partial charge in [-0.3, -0.25) is 0 Å². The molecule has 1 heterocycles. The van der Waals surface area contributed by atoms with Gasteiger partial charge in [0.25, 0.3) is 0 Å². The number of anilines is 1. The predicted octanol–water partition coefficient (Wildman–Crippen LogP) is 2.09. The summed E-state index contributed by atoms with van der Waals surface area (Å²) in [5, 5.41) is 9.63. The SMILES string of the molecule is CC(C)(C)OC(=O)c1ncc(Br)c(N)c1O. The van der Waals surface area contributed by atoms with E-state index < -0.39 is 11.6 Å². The first-order valence-corrected chi connectivity index (χ1v) is 5.38. The fraction of sp³-hybridized carbons (Fsp3) is 0.400. The maximum atomic E-state index is 11.6. The number of carbonyl (C=O) groups excluding carboxylic acids is 1. The molecule has 88 valence electrons. The lowest BCUT2D eigenvalue weighted by molar-refractivity contribution is 0.00599. The summed E-state index contributed by atoms with van der Waals surface area (Å²) in [7, 11) is 0. The molecule has 0 atom stereocenters. The number of pyridine rings is 1. The monoisotopic (exact) mass is 288 g/mol.